The largest absolute Gasteiger partial charge is 0.496 e. The van der Waals surface area contributed by atoms with E-state index in [0.29, 0.717) is 23.5 Å². The van der Waals surface area contributed by atoms with Crippen LogP contribution in [0.1, 0.15) is 23.2 Å². The summed E-state index contributed by atoms with van der Waals surface area (Å²) in [6, 6.07) is 4.07. The molecule has 0 spiro atoms. The first-order valence-corrected chi connectivity index (χ1v) is 7.20. The summed E-state index contributed by atoms with van der Waals surface area (Å²) >= 11 is 3.54. The Labute approximate surface area is 125 Å². The molecule has 1 fully saturated rings. The van der Waals surface area contributed by atoms with Crippen molar-refractivity contribution < 1.29 is 14.5 Å². The summed E-state index contributed by atoms with van der Waals surface area (Å²) in [7, 11) is 1.40. The van der Waals surface area contributed by atoms with Crippen LogP contribution in [0.2, 0.25) is 0 Å². The number of nitro groups is 1. The molecule has 0 N–H and O–H groups in total. The van der Waals surface area contributed by atoms with Gasteiger partial charge in [-0.05, 0) is 18.9 Å². The predicted octanol–water partition coefficient (Wildman–Crippen LogP) is 2.60. The molecule has 0 unspecified atom stereocenters. The summed E-state index contributed by atoms with van der Waals surface area (Å²) in [5.74, 6) is 0.0984. The molecule has 1 amide bonds. The zero-order valence-corrected chi connectivity index (χ0v) is 12.6. The number of ether oxygens (including phenoxy) is 1. The molecule has 1 aliphatic rings. The van der Waals surface area contributed by atoms with Gasteiger partial charge in [0, 0.05) is 24.0 Å². The lowest BCUT2D eigenvalue weighted by atomic mass is 10.1. The number of halogens is 1. The number of hydrogen-bond acceptors (Lipinski definition) is 4. The van der Waals surface area contributed by atoms with Gasteiger partial charge in [-0.15, -0.1) is 0 Å². The maximum absolute atomic E-state index is 12.4. The van der Waals surface area contributed by atoms with E-state index in [1.165, 1.54) is 25.3 Å². The Morgan fingerprint density at radius 1 is 1.45 bits per heavy atom. The molecular weight excluding hydrogens is 328 g/mol. The second-order valence-corrected chi connectivity index (χ2v) is 5.90. The Balaban J connectivity index is 2.23. The van der Waals surface area contributed by atoms with Crippen LogP contribution < -0.4 is 4.74 Å². The molecule has 0 aromatic heterocycles. The Bertz CT molecular complexity index is 527. The van der Waals surface area contributed by atoms with Gasteiger partial charge in [0.15, 0.2) is 0 Å². The smallest absolute Gasteiger partial charge is 0.273 e. The molecular formula is C13H15BrN2O4. The number of benzene rings is 1. The highest BCUT2D eigenvalue weighted by Crippen LogP contribution is 2.27. The minimum Gasteiger partial charge on any atom is -0.496 e. The Kier molecular flexibility index (Phi) is 4.59. The lowest BCUT2D eigenvalue weighted by Gasteiger charge is -2.29. The third-order valence-corrected chi connectivity index (χ3v) is 4.25. The van der Waals surface area contributed by atoms with Crippen molar-refractivity contribution in [1.29, 1.82) is 0 Å². The van der Waals surface area contributed by atoms with Crippen molar-refractivity contribution in [1.82, 2.24) is 4.90 Å². The Hall–Kier alpha value is -1.63. The first-order chi connectivity index (χ1) is 9.52. The number of nitrogens with zero attached hydrogens (tertiary/aromatic N) is 2. The van der Waals surface area contributed by atoms with Gasteiger partial charge in [-0.25, -0.2) is 0 Å². The van der Waals surface area contributed by atoms with E-state index in [-0.39, 0.29) is 17.3 Å². The number of carbonyl (C=O) groups is 1. The quantitative estimate of drug-likeness (QED) is 0.480. The molecule has 1 saturated heterocycles. The van der Waals surface area contributed by atoms with Gasteiger partial charge in [0.1, 0.15) is 5.75 Å². The summed E-state index contributed by atoms with van der Waals surface area (Å²) in [5, 5.41) is 10.7. The van der Waals surface area contributed by atoms with Gasteiger partial charge in [0.2, 0.25) is 0 Å². The lowest BCUT2D eigenvalue weighted by molar-refractivity contribution is -0.384. The highest BCUT2D eigenvalue weighted by atomic mass is 79.9. The van der Waals surface area contributed by atoms with E-state index in [0.717, 1.165) is 12.8 Å². The van der Waals surface area contributed by atoms with Gasteiger partial charge in [0.25, 0.3) is 11.6 Å². The monoisotopic (exact) mass is 342 g/mol. The fourth-order valence-electron chi connectivity index (χ4n) is 2.19. The zero-order valence-electron chi connectivity index (χ0n) is 11.0. The molecule has 0 saturated carbocycles. The normalized spacial score (nSPS) is 16.0. The van der Waals surface area contributed by atoms with Crippen LogP contribution in [0.5, 0.6) is 5.75 Å². The fourth-order valence-corrected chi connectivity index (χ4v) is 2.60. The second-order valence-electron chi connectivity index (χ2n) is 4.61. The van der Waals surface area contributed by atoms with Crippen LogP contribution in [-0.4, -0.2) is 40.8 Å². The zero-order chi connectivity index (χ0) is 14.7. The van der Waals surface area contributed by atoms with Crippen molar-refractivity contribution in [3.8, 4) is 5.75 Å². The third-order valence-electron chi connectivity index (χ3n) is 3.34. The summed E-state index contributed by atoms with van der Waals surface area (Å²) in [5.41, 5.74) is 0.281. The highest BCUT2D eigenvalue weighted by Gasteiger charge is 2.25. The van der Waals surface area contributed by atoms with Crippen molar-refractivity contribution in [3.63, 3.8) is 0 Å². The standard InChI is InChI=1S/C13H15BrN2O4/c1-20-12-8-10(16(18)19)2-3-11(12)13(17)15-6-4-9(14)5-7-15/h2-3,8-9H,4-7H2,1H3. The minimum absolute atomic E-state index is 0.0856. The molecule has 20 heavy (non-hydrogen) atoms. The van der Waals surface area contributed by atoms with Gasteiger partial charge in [0.05, 0.1) is 23.7 Å². The van der Waals surface area contributed by atoms with E-state index in [4.69, 9.17) is 4.74 Å². The number of amides is 1. The summed E-state index contributed by atoms with van der Waals surface area (Å²) in [6.07, 6.45) is 1.81. The minimum atomic E-state index is -0.507. The average molecular weight is 343 g/mol. The van der Waals surface area contributed by atoms with Gasteiger partial charge in [-0.1, -0.05) is 15.9 Å². The van der Waals surface area contributed by atoms with Crippen molar-refractivity contribution >= 4 is 27.5 Å². The number of alkyl halides is 1. The molecule has 0 atom stereocenters. The van der Waals surface area contributed by atoms with E-state index >= 15 is 0 Å². The van der Waals surface area contributed by atoms with Crippen LogP contribution in [0.4, 0.5) is 5.69 Å². The predicted molar refractivity (Wildman–Crippen MR) is 77.5 cm³/mol. The van der Waals surface area contributed by atoms with E-state index in [1.807, 2.05) is 0 Å². The highest BCUT2D eigenvalue weighted by molar-refractivity contribution is 9.09. The number of carbonyl (C=O) groups excluding carboxylic acids is 1. The summed E-state index contributed by atoms with van der Waals surface area (Å²) in [6.45, 7) is 1.35. The first-order valence-electron chi connectivity index (χ1n) is 6.28. The molecule has 108 valence electrons. The van der Waals surface area contributed by atoms with Crippen LogP contribution in [0.15, 0.2) is 18.2 Å². The topological polar surface area (TPSA) is 72.7 Å². The van der Waals surface area contributed by atoms with E-state index in [1.54, 1.807) is 4.90 Å². The molecule has 1 aromatic rings. The molecule has 0 aliphatic carbocycles. The number of likely N-dealkylation sites (tertiary alicyclic amines) is 1. The Morgan fingerprint density at radius 3 is 2.65 bits per heavy atom. The van der Waals surface area contributed by atoms with Crippen LogP contribution >= 0.6 is 15.9 Å². The number of non-ortho nitro benzene ring substituents is 1. The SMILES string of the molecule is COc1cc([N+](=O)[O-])ccc1C(=O)N1CCC(Br)CC1. The van der Waals surface area contributed by atoms with E-state index < -0.39 is 4.92 Å². The second kappa shape index (κ2) is 6.21. The van der Waals surface area contributed by atoms with Crippen molar-refractivity contribution in [2.24, 2.45) is 0 Å². The van der Waals surface area contributed by atoms with Crippen LogP contribution in [0.25, 0.3) is 0 Å². The molecule has 1 aliphatic heterocycles. The molecule has 0 bridgehead atoms. The van der Waals surface area contributed by atoms with Crippen LogP contribution in [-0.2, 0) is 0 Å². The number of rotatable bonds is 3. The number of nitro benzene ring substituents is 1. The van der Waals surface area contributed by atoms with Gasteiger partial charge < -0.3 is 9.64 Å². The van der Waals surface area contributed by atoms with Crippen molar-refractivity contribution in [2.75, 3.05) is 20.2 Å². The number of hydrogen-bond donors (Lipinski definition) is 0. The van der Waals surface area contributed by atoms with Crippen molar-refractivity contribution in [2.45, 2.75) is 17.7 Å². The molecule has 1 heterocycles. The number of piperidine rings is 1. The summed E-state index contributed by atoms with van der Waals surface area (Å²) in [4.78, 5) is 24.9. The van der Waals surface area contributed by atoms with Crippen LogP contribution in [0, 0.1) is 10.1 Å². The molecule has 1 aromatic carbocycles. The molecule has 2 rings (SSSR count). The fraction of sp³-hybridized carbons (Fsp3) is 0.462. The van der Waals surface area contributed by atoms with Crippen molar-refractivity contribution in [3.05, 3.63) is 33.9 Å². The number of methoxy groups -OCH3 is 1. The Morgan fingerprint density at radius 2 is 2.10 bits per heavy atom. The van der Waals surface area contributed by atoms with Crippen LogP contribution in [0.3, 0.4) is 0 Å². The third kappa shape index (κ3) is 3.09. The molecule has 7 heteroatoms. The van der Waals surface area contributed by atoms with E-state index in [2.05, 4.69) is 15.9 Å². The maximum atomic E-state index is 12.4. The summed E-state index contributed by atoms with van der Waals surface area (Å²) < 4.78 is 5.11. The first kappa shape index (κ1) is 14.8. The maximum Gasteiger partial charge on any atom is 0.273 e. The van der Waals surface area contributed by atoms with Gasteiger partial charge in [-0.2, -0.15) is 0 Å². The lowest BCUT2D eigenvalue weighted by Crippen LogP contribution is -2.38. The van der Waals surface area contributed by atoms with Gasteiger partial charge in [-0.3, -0.25) is 14.9 Å². The average Bonchev–Trinajstić information content (AvgIpc) is 2.46. The molecule has 0 radical (unpaired) electrons. The van der Waals surface area contributed by atoms with E-state index in [9.17, 15) is 14.9 Å². The molecule has 6 nitrogen and oxygen atoms in total. The van der Waals surface area contributed by atoms with Gasteiger partial charge >= 0.3 is 0 Å².